The first kappa shape index (κ1) is 16.5. The number of nitro groups is 1. The van der Waals surface area contributed by atoms with Gasteiger partial charge >= 0.3 is 0 Å². The number of aryl methyl sites for hydroxylation is 1. The van der Waals surface area contributed by atoms with E-state index in [2.05, 4.69) is 6.58 Å². The number of hydrogen-bond acceptors (Lipinski definition) is 4. The largest absolute Gasteiger partial charge is 0.497 e. The third kappa shape index (κ3) is 3.18. The molecule has 0 saturated heterocycles. The molecule has 23 heavy (non-hydrogen) atoms. The minimum absolute atomic E-state index is 0.00649. The van der Waals surface area contributed by atoms with Crippen molar-refractivity contribution in [2.75, 3.05) is 14.2 Å². The Hall–Kier alpha value is -2.82. The molecule has 0 N–H and O–H groups in total. The lowest BCUT2D eigenvalue weighted by atomic mass is 9.94. The molecule has 5 nitrogen and oxygen atoms in total. The van der Waals surface area contributed by atoms with Crippen LogP contribution >= 0.6 is 0 Å². The van der Waals surface area contributed by atoms with Crippen LogP contribution in [0.2, 0.25) is 0 Å². The summed E-state index contributed by atoms with van der Waals surface area (Å²) in [6.07, 6.45) is 0. The Morgan fingerprint density at radius 2 is 1.83 bits per heavy atom. The standard InChI is InChI=1S/C18H19NO4/c1-11-8-14(9-18(23-5)12(11)2)13(3)16-10-15(22-4)6-7-17(16)19(20)21/h6-10H,3H2,1-2,4-5H3. The van der Waals surface area contributed by atoms with E-state index in [9.17, 15) is 10.1 Å². The molecule has 0 saturated carbocycles. The zero-order chi connectivity index (χ0) is 17.1. The minimum Gasteiger partial charge on any atom is -0.497 e. The summed E-state index contributed by atoms with van der Waals surface area (Å²) in [5.74, 6) is 1.27. The maximum absolute atomic E-state index is 11.3. The molecule has 0 heterocycles. The second-order valence-electron chi connectivity index (χ2n) is 5.24. The van der Waals surface area contributed by atoms with E-state index in [0.717, 1.165) is 22.4 Å². The fourth-order valence-electron chi connectivity index (χ4n) is 2.41. The highest BCUT2D eigenvalue weighted by molar-refractivity contribution is 5.84. The van der Waals surface area contributed by atoms with Crippen molar-refractivity contribution in [1.82, 2.24) is 0 Å². The Bertz CT molecular complexity index is 781. The van der Waals surface area contributed by atoms with Crippen molar-refractivity contribution >= 4 is 11.3 Å². The van der Waals surface area contributed by atoms with Gasteiger partial charge in [-0.25, -0.2) is 0 Å². The van der Waals surface area contributed by atoms with Crippen LogP contribution in [0.3, 0.4) is 0 Å². The zero-order valence-electron chi connectivity index (χ0n) is 13.7. The van der Waals surface area contributed by atoms with E-state index in [1.54, 1.807) is 19.2 Å². The van der Waals surface area contributed by atoms with Gasteiger partial charge in [-0.05, 0) is 54.3 Å². The van der Waals surface area contributed by atoms with Crippen LogP contribution in [0.25, 0.3) is 5.57 Å². The summed E-state index contributed by atoms with van der Waals surface area (Å²) in [4.78, 5) is 10.9. The first-order valence-corrected chi connectivity index (χ1v) is 7.06. The normalized spacial score (nSPS) is 10.3. The highest BCUT2D eigenvalue weighted by Crippen LogP contribution is 2.35. The van der Waals surface area contributed by atoms with Gasteiger partial charge in [-0.2, -0.15) is 0 Å². The smallest absolute Gasteiger partial charge is 0.277 e. The Balaban J connectivity index is 2.60. The highest BCUT2D eigenvalue weighted by atomic mass is 16.6. The lowest BCUT2D eigenvalue weighted by molar-refractivity contribution is -0.385. The zero-order valence-corrected chi connectivity index (χ0v) is 13.7. The Morgan fingerprint density at radius 1 is 1.13 bits per heavy atom. The molecule has 0 aliphatic heterocycles. The SMILES string of the molecule is C=C(c1cc(C)c(C)c(OC)c1)c1cc(OC)ccc1[N+](=O)[O-]. The number of methoxy groups -OCH3 is 2. The number of rotatable bonds is 5. The van der Waals surface area contributed by atoms with Crippen molar-refractivity contribution in [2.24, 2.45) is 0 Å². The molecule has 0 amide bonds. The fraction of sp³-hybridized carbons (Fsp3) is 0.222. The first-order chi connectivity index (χ1) is 10.9. The number of ether oxygens (including phenoxy) is 2. The molecule has 2 aromatic carbocycles. The summed E-state index contributed by atoms with van der Waals surface area (Å²) in [7, 11) is 3.12. The summed E-state index contributed by atoms with van der Waals surface area (Å²) in [6, 6.07) is 8.41. The minimum atomic E-state index is -0.418. The second-order valence-corrected chi connectivity index (χ2v) is 5.24. The molecule has 0 unspecified atom stereocenters. The van der Waals surface area contributed by atoms with E-state index < -0.39 is 4.92 Å². The predicted octanol–water partition coefficient (Wildman–Crippen LogP) is 4.29. The van der Waals surface area contributed by atoms with Crippen LogP contribution in [0, 0.1) is 24.0 Å². The second kappa shape index (κ2) is 6.52. The molecule has 2 rings (SSSR count). The van der Waals surface area contributed by atoms with Gasteiger partial charge in [0.1, 0.15) is 11.5 Å². The lowest BCUT2D eigenvalue weighted by Crippen LogP contribution is -1.99. The van der Waals surface area contributed by atoms with E-state index in [-0.39, 0.29) is 5.69 Å². The van der Waals surface area contributed by atoms with E-state index in [4.69, 9.17) is 9.47 Å². The van der Waals surface area contributed by atoms with Gasteiger partial charge in [-0.3, -0.25) is 10.1 Å². The van der Waals surface area contributed by atoms with Gasteiger partial charge in [0.25, 0.3) is 5.69 Å². The van der Waals surface area contributed by atoms with Gasteiger partial charge in [0.05, 0.1) is 24.7 Å². The van der Waals surface area contributed by atoms with Crippen LogP contribution in [-0.4, -0.2) is 19.1 Å². The van der Waals surface area contributed by atoms with E-state index in [0.29, 0.717) is 16.9 Å². The summed E-state index contributed by atoms with van der Waals surface area (Å²) in [5.41, 5.74) is 3.82. The summed E-state index contributed by atoms with van der Waals surface area (Å²) in [5, 5.41) is 11.3. The van der Waals surface area contributed by atoms with Gasteiger partial charge in [0.2, 0.25) is 0 Å². The molecular weight excluding hydrogens is 294 g/mol. The topological polar surface area (TPSA) is 61.6 Å². The molecule has 0 bridgehead atoms. The van der Waals surface area contributed by atoms with Crippen molar-refractivity contribution in [3.8, 4) is 11.5 Å². The van der Waals surface area contributed by atoms with Gasteiger partial charge in [0, 0.05) is 6.07 Å². The lowest BCUT2D eigenvalue weighted by Gasteiger charge is -2.14. The summed E-state index contributed by atoms with van der Waals surface area (Å²) < 4.78 is 10.6. The van der Waals surface area contributed by atoms with E-state index >= 15 is 0 Å². The van der Waals surface area contributed by atoms with Crippen LogP contribution < -0.4 is 9.47 Å². The third-order valence-electron chi connectivity index (χ3n) is 3.91. The van der Waals surface area contributed by atoms with Gasteiger partial charge in [-0.1, -0.05) is 12.6 Å². The average Bonchev–Trinajstić information content (AvgIpc) is 2.55. The maximum Gasteiger partial charge on any atom is 0.277 e. The van der Waals surface area contributed by atoms with Gasteiger partial charge in [0.15, 0.2) is 0 Å². The van der Waals surface area contributed by atoms with Crippen molar-refractivity contribution in [1.29, 1.82) is 0 Å². The van der Waals surface area contributed by atoms with Crippen molar-refractivity contribution in [3.05, 3.63) is 69.3 Å². The molecule has 120 valence electrons. The summed E-state index contributed by atoms with van der Waals surface area (Å²) >= 11 is 0. The van der Waals surface area contributed by atoms with Crippen LogP contribution in [0.5, 0.6) is 11.5 Å². The van der Waals surface area contributed by atoms with Crippen LogP contribution in [0.1, 0.15) is 22.3 Å². The van der Waals surface area contributed by atoms with Crippen molar-refractivity contribution in [2.45, 2.75) is 13.8 Å². The number of benzene rings is 2. The molecule has 2 aromatic rings. The van der Waals surface area contributed by atoms with E-state index in [1.807, 2.05) is 26.0 Å². The van der Waals surface area contributed by atoms with Crippen LogP contribution in [-0.2, 0) is 0 Å². The van der Waals surface area contributed by atoms with Crippen molar-refractivity contribution < 1.29 is 14.4 Å². The fourth-order valence-corrected chi connectivity index (χ4v) is 2.41. The average molecular weight is 313 g/mol. The van der Waals surface area contributed by atoms with Gasteiger partial charge < -0.3 is 9.47 Å². The molecule has 0 fully saturated rings. The van der Waals surface area contributed by atoms with Crippen molar-refractivity contribution in [3.63, 3.8) is 0 Å². The molecule has 0 aliphatic rings. The predicted molar refractivity (Wildman–Crippen MR) is 90.3 cm³/mol. The molecule has 0 aromatic heterocycles. The highest BCUT2D eigenvalue weighted by Gasteiger charge is 2.19. The molecule has 5 heteroatoms. The molecular formula is C18H19NO4. The monoisotopic (exact) mass is 313 g/mol. The molecule has 0 aliphatic carbocycles. The van der Waals surface area contributed by atoms with Crippen LogP contribution in [0.15, 0.2) is 36.9 Å². The Morgan fingerprint density at radius 3 is 2.39 bits per heavy atom. The molecule has 0 spiro atoms. The number of hydrogen-bond donors (Lipinski definition) is 0. The third-order valence-corrected chi connectivity index (χ3v) is 3.91. The number of nitro benzene ring substituents is 1. The molecule has 0 radical (unpaired) electrons. The Kier molecular flexibility index (Phi) is 4.69. The number of nitrogens with zero attached hydrogens (tertiary/aromatic N) is 1. The quantitative estimate of drug-likeness (QED) is 0.610. The van der Waals surface area contributed by atoms with E-state index in [1.165, 1.54) is 13.2 Å². The first-order valence-electron chi connectivity index (χ1n) is 7.06. The van der Waals surface area contributed by atoms with Crippen LogP contribution in [0.4, 0.5) is 5.69 Å². The molecule has 0 atom stereocenters. The Labute approximate surface area is 135 Å². The summed E-state index contributed by atoms with van der Waals surface area (Å²) in [6.45, 7) is 7.98. The van der Waals surface area contributed by atoms with Gasteiger partial charge in [-0.15, -0.1) is 0 Å². The maximum atomic E-state index is 11.3.